The Morgan fingerprint density at radius 1 is 1.14 bits per heavy atom. The molecule has 3 aromatic heterocycles. The molecule has 2 N–H and O–H groups in total. The molecule has 0 bridgehead atoms. The maximum absolute atomic E-state index is 9.89. The van der Waals surface area contributed by atoms with Gasteiger partial charge in [0.15, 0.2) is 0 Å². The summed E-state index contributed by atoms with van der Waals surface area (Å²) < 4.78 is 7.54. The standard InChI is InChI=1S/C32H33ClN8O/c1-31(2,3)18-37-27-19(15-34)16-36-28-24(27)13-20(14-25(28)33)38-29(26-17-41(40-39-26)32(4)10-11-32)22-7-6-8-23-21(22)9-12-35-30(23)42-5/h6-9,12-14,16-17,29,38H,10-11,18H2,1-5H3,(H,36,37)/t29-/m0/s1. The van der Waals surface area contributed by atoms with E-state index < -0.39 is 0 Å². The summed E-state index contributed by atoms with van der Waals surface area (Å²) in [6.45, 7) is 9.29. The molecule has 5 aromatic rings. The van der Waals surface area contributed by atoms with Crippen LogP contribution in [-0.4, -0.2) is 38.6 Å². The summed E-state index contributed by atoms with van der Waals surface area (Å²) >= 11 is 6.83. The van der Waals surface area contributed by atoms with Crippen molar-refractivity contribution in [1.82, 2.24) is 25.0 Å². The molecular weight excluding hydrogens is 548 g/mol. The van der Waals surface area contributed by atoms with Gasteiger partial charge in [0.25, 0.3) is 0 Å². The highest BCUT2D eigenvalue weighted by Crippen LogP contribution is 2.43. The van der Waals surface area contributed by atoms with Crippen LogP contribution in [0, 0.1) is 16.7 Å². The van der Waals surface area contributed by atoms with E-state index >= 15 is 0 Å². The van der Waals surface area contributed by atoms with Gasteiger partial charge in [-0.25, -0.2) is 9.67 Å². The van der Waals surface area contributed by atoms with Crippen LogP contribution in [-0.2, 0) is 5.54 Å². The average Bonchev–Trinajstić information content (AvgIpc) is 3.52. The highest BCUT2D eigenvalue weighted by Gasteiger charge is 2.41. The monoisotopic (exact) mass is 580 g/mol. The van der Waals surface area contributed by atoms with Gasteiger partial charge in [-0.3, -0.25) is 4.98 Å². The molecule has 1 aliphatic rings. The van der Waals surface area contributed by atoms with Crippen LogP contribution < -0.4 is 15.4 Å². The quantitative estimate of drug-likeness (QED) is 0.200. The number of rotatable bonds is 8. The number of aromatic nitrogens is 5. The Kier molecular flexibility index (Phi) is 6.90. The third kappa shape index (κ3) is 5.19. The van der Waals surface area contributed by atoms with E-state index in [0.29, 0.717) is 34.2 Å². The number of pyridine rings is 2. The molecule has 1 fully saturated rings. The molecule has 42 heavy (non-hydrogen) atoms. The molecule has 1 aliphatic carbocycles. The molecule has 1 atom stereocenters. The first-order valence-electron chi connectivity index (χ1n) is 14.0. The van der Waals surface area contributed by atoms with Gasteiger partial charge in [-0.2, -0.15) is 5.26 Å². The van der Waals surface area contributed by atoms with Crippen molar-refractivity contribution in [3.63, 3.8) is 0 Å². The Labute approximate surface area is 249 Å². The summed E-state index contributed by atoms with van der Waals surface area (Å²) in [4.78, 5) is 8.92. The fraction of sp³-hybridized carbons (Fsp3) is 0.344. The van der Waals surface area contributed by atoms with E-state index in [1.54, 1.807) is 19.5 Å². The van der Waals surface area contributed by atoms with Gasteiger partial charge in [-0.05, 0) is 60.4 Å². The van der Waals surface area contributed by atoms with Crippen LogP contribution in [0.2, 0.25) is 5.02 Å². The third-order valence-corrected chi connectivity index (χ3v) is 8.08. The van der Waals surface area contributed by atoms with Gasteiger partial charge in [0.1, 0.15) is 11.8 Å². The Bertz CT molecular complexity index is 1850. The molecule has 2 aromatic carbocycles. The van der Waals surface area contributed by atoms with E-state index in [9.17, 15) is 5.26 Å². The van der Waals surface area contributed by atoms with Crippen LogP contribution in [0.4, 0.5) is 11.4 Å². The normalized spacial score (nSPS) is 14.9. The second-order valence-electron chi connectivity index (χ2n) is 12.4. The van der Waals surface area contributed by atoms with E-state index in [-0.39, 0.29) is 17.0 Å². The molecule has 0 saturated heterocycles. The molecule has 1 saturated carbocycles. The summed E-state index contributed by atoms with van der Waals surface area (Å²) in [6.07, 6.45) is 7.49. The summed E-state index contributed by atoms with van der Waals surface area (Å²) in [5.74, 6) is 0.556. The van der Waals surface area contributed by atoms with E-state index in [1.807, 2.05) is 41.2 Å². The SMILES string of the molecule is COc1nccc2c([C@H](Nc3cc(Cl)c4ncc(C#N)c(NCC(C)(C)C)c4c3)c3cn(C4(C)CC4)nn3)cccc12. The lowest BCUT2D eigenvalue weighted by Crippen LogP contribution is -2.20. The summed E-state index contributed by atoms with van der Waals surface area (Å²) in [5.41, 5.74) is 4.34. The molecule has 9 nitrogen and oxygen atoms in total. The second kappa shape index (κ2) is 10.4. The number of ether oxygens (including phenoxy) is 1. The number of fused-ring (bicyclic) bond motifs is 2. The van der Waals surface area contributed by atoms with E-state index in [2.05, 4.69) is 70.7 Å². The van der Waals surface area contributed by atoms with Gasteiger partial charge in [-0.15, -0.1) is 5.10 Å². The van der Waals surface area contributed by atoms with Crippen molar-refractivity contribution in [3.8, 4) is 11.9 Å². The number of methoxy groups -OCH3 is 1. The van der Waals surface area contributed by atoms with E-state index in [4.69, 9.17) is 16.3 Å². The van der Waals surface area contributed by atoms with Crippen molar-refractivity contribution in [3.05, 3.63) is 76.8 Å². The lowest BCUT2D eigenvalue weighted by molar-refractivity contribution is 0.403. The Morgan fingerprint density at radius 2 is 1.95 bits per heavy atom. The van der Waals surface area contributed by atoms with Crippen molar-refractivity contribution < 1.29 is 4.74 Å². The van der Waals surface area contributed by atoms with Crippen molar-refractivity contribution in [1.29, 1.82) is 5.26 Å². The van der Waals surface area contributed by atoms with Gasteiger partial charge in [-0.1, -0.05) is 49.7 Å². The molecule has 0 radical (unpaired) electrons. The van der Waals surface area contributed by atoms with Crippen molar-refractivity contribution >= 4 is 44.7 Å². The molecule has 0 spiro atoms. The van der Waals surface area contributed by atoms with Crippen LogP contribution in [0.1, 0.15) is 63.4 Å². The summed E-state index contributed by atoms with van der Waals surface area (Å²) in [5, 5.41) is 29.4. The van der Waals surface area contributed by atoms with Crippen LogP contribution in [0.3, 0.4) is 0 Å². The maximum Gasteiger partial charge on any atom is 0.221 e. The number of halogens is 1. The van der Waals surface area contributed by atoms with E-state index in [0.717, 1.165) is 45.9 Å². The zero-order valence-electron chi connectivity index (χ0n) is 24.4. The number of nitrogens with one attached hydrogen (secondary N) is 2. The topological polar surface area (TPSA) is 114 Å². The summed E-state index contributed by atoms with van der Waals surface area (Å²) in [7, 11) is 1.62. The van der Waals surface area contributed by atoms with Gasteiger partial charge in [0.05, 0.1) is 46.7 Å². The maximum atomic E-state index is 9.89. The first kappa shape index (κ1) is 27.7. The van der Waals surface area contributed by atoms with Gasteiger partial charge >= 0.3 is 0 Å². The molecule has 0 amide bonds. The minimum Gasteiger partial charge on any atom is -0.481 e. The third-order valence-electron chi connectivity index (χ3n) is 7.79. The van der Waals surface area contributed by atoms with Crippen molar-refractivity contribution in [2.24, 2.45) is 5.41 Å². The molecule has 3 heterocycles. The fourth-order valence-corrected chi connectivity index (χ4v) is 5.42. The number of hydrogen-bond donors (Lipinski definition) is 2. The minimum atomic E-state index is -0.372. The number of anilines is 2. The van der Waals surface area contributed by atoms with Crippen LogP contribution >= 0.6 is 11.6 Å². The van der Waals surface area contributed by atoms with Crippen LogP contribution in [0.25, 0.3) is 21.7 Å². The lowest BCUT2D eigenvalue weighted by Gasteiger charge is -2.23. The molecule has 214 valence electrons. The predicted molar refractivity (Wildman–Crippen MR) is 166 cm³/mol. The largest absolute Gasteiger partial charge is 0.481 e. The average molecular weight is 581 g/mol. The highest BCUT2D eigenvalue weighted by molar-refractivity contribution is 6.35. The Balaban J connectivity index is 1.50. The Hall–Kier alpha value is -4.42. The zero-order chi connectivity index (χ0) is 29.6. The number of nitrogens with zero attached hydrogens (tertiary/aromatic N) is 6. The lowest BCUT2D eigenvalue weighted by atomic mass is 9.96. The van der Waals surface area contributed by atoms with Crippen molar-refractivity contribution in [2.45, 2.75) is 52.1 Å². The number of nitriles is 1. The molecule has 0 aliphatic heterocycles. The fourth-order valence-electron chi connectivity index (χ4n) is 5.15. The van der Waals surface area contributed by atoms with Gasteiger partial charge in [0, 0.05) is 35.4 Å². The molecule has 10 heteroatoms. The number of hydrogen-bond acceptors (Lipinski definition) is 8. The van der Waals surface area contributed by atoms with Crippen LogP contribution in [0.5, 0.6) is 5.88 Å². The van der Waals surface area contributed by atoms with E-state index in [1.165, 1.54) is 0 Å². The molecule has 6 rings (SSSR count). The molecular formula is C32H33ClN8O. The summed E-state index contributed by atoms with van der Waals surface area (Å²) in [6, 6.07) is 13.8. The first-order valence-corrected chi connectivity index (χ1v) is 14.4. The Morgan fingerprint density at radius 3 is 2.67 bits per heavy atom. The zero-order valence-corrected chi connectivity index (χ0v) is 25.1. The van der Waals surface area contributed by atoms with Crippen LogP contribution in [0.15, 0.2) is 55.0 Å². The first-order chi connectivity index (χ1) is 20.1. The van der Waals surface area contributed by atoms with Gasteiger partial charge in [0.2, 0.25) is 5.88 Å². The van der Waals surface area contributed by atoms with Gasteiger partial charge < -0.3 is 15.4 Å². The minimum absolute atomic E-state index is 0.000936. The van der Waals surface area contributed by atoms with Crippen molar-refractivity contribution in [2.75, 3.05) is 24.3 Å². The predicted octanol–water partition coefficient (Wildman–Crippen LogP) is 7.08. The molecule has 0 unspecified atom stereocenters. The smallest absolute Gasteiger partial charge is 0.221 e. The highest BCUT2D eigenvalue weighted by atomic mass is 35.5. The number of benzene rings is 2. The second-order valence-corrected chi connectivity index (χ2v) is 12.8.